The Hall–Kier alpha value is -0.870. The Morgan fingerprint density at radius 1 is 1.38 bits per heavy atom. The molecule has 1 aromatic heterocycles. The highest BCUT2D eigenvalue weighted by Crippen LogP contribution is 2.20. The van der Waals surface area contributed by atoms with Gasteiger partial charge in [0.25, 0.3) is 5.91 Å². The molecule has 0 radical (unpaired) electrons. The van der Waals surface area contributed by atoms with Crippen LogP contribution in [0.5, 0.6) is 0 Å². The fourth-order valence-corrected chi connectivity index (χ4v) is 2.26. The monoisotopic (exact) mass is 240 g/mol. The minimum absolute atomic E-state index is 0.0340. The summed E-state index contributed by atoms with van der Waals surface area (Å²) < 4.78 is 0. The summed E-state index contributed by atoms with van der Waals surface area (Å²) in [4.78, 5) is 13.7. The number of carbonyl (C=O) groups is 1. The second kappa shape index (κ2) is 6.01. The first-order valence-corrected chi connectivity index (χ1v) is 6.41. The zero-order chi connectivity index (χ0) is 12.1. The highest BCUT2D eigenvalue weighted by molar-refractivity contribution is 7.14. The minimum Gasteiger partial charge on any atom is -0.350 e. The number of hydrogen-bond donors (Lipinski definition) is 2. The van der Waals surface area contributed by atoms with Crippen LogP contribution in [0.3, 0.4) is 0 Å². The first-order chi connectivity index (χ1) is 7.50. The molecule has 1 amide bonds. The van der Waals surface area contributed by atoms with Crippen LogP contribution in [0.15, 0.2) is 6.07 Å². The summed E-state index contributed by atoms with van der Waals surface area (Å²) in [6.45, 7) is 9.74. The van der Waals surface area contributed by atoms with Gasteiger partial charge in [-0.15, -0.1) is 11.3 Å². The average molecular weight is 240 g/mol. The van der Waals surface area contributed by atoms with E-state index in [2.05, 4.69) is 24.5 Å². The molecule has 0 aliphatic heterocycles. The zero-order valence-corrected chi connectivity index (χ0v) is 11.2. The number of rotatable bonds is 5. The number of carbonyl (C=O) groups excluding carboxylic acids is 1. The van der Waals surface area contributed by atoms with Gasteiger partial charge in [0.15, 0.2) is 0 Å². The first-order valence-electron chi connectivity index (χ1n) is 5.59. The smallest absolute Gasteiger partial charge is 0.261 e. The van der Waals surface area contributed by atoms with Crippen molar-refractivity contribution in [3.8, 4) is 0 Å². The summed E-state index contributed by atoms with van der Waals surface area (Å²) in [6.07, 6.45) is 0. The lowest BCUT2D eigenvalue weighted by molar-refractivity contribution is 0.0957. The second-order valence-corrected chi connectivity index (χ2v) is 5.47. The van der Waals surface area contributed by atoms with Crippen LogP contribution >= 0.6 is 11.3 Å². The van der Waals surface area contributed by atoms with Crippen LogP contribution in [-0.4, -0.2) is 25.0 Å². The van der Waals surface area contributed by atoms with Gasteiger partial charge in [0.05, 0.1) is 4.88 Å². The Balaban J connectivity index is 2.35. The van der Waals surface area contributed by atoms with Gasteiger partial charge in [-0.05, 0) is 25.5 Å². The highest BCUT2D eigenvalue weighted by atomic mass is 32.1. The number of thiophene rings is 1. The lowest BCUT2D eigenvalue weighted by Crippen LogP contribution is -2.34. The standard InChI is InChI=1S/C12H20N2OS/c1-8(2)13-5-6-14-12(15)11-7-9(3)10(4)16-11/h7-8,13H,5-6H2,1-4H3,(H,14,15). The molecule has 0 aliphatic rings. The maximum absolute atomic E-state index is 11.7. The van der Waals surface area contributed by atoms with Gasteiger partial charge in [0.2, 0.25) is 0 Å². The summed E-state index contributed by atoms with van der Waals surface area (Å²) in [5, 5.41) is 6.16. The van der Waals surface area contributed by atoms with Crippen LogP contribution in [0.2, 0.25) is 0 Å². The maximum atomic E-state index is 11.7. The molecule has 0 atom stereocenters. The van der Waals surface area contributed by atoms with Gasteiger partial charge in [-0.3, -0.25) is 4.79 Å². The molecule has 90 valence electrons. The molecule has 4 heteroatoms. The molecule has 0 fully saturated rings. The van der Waals surface area contributed by atoms with Gasteiger partial charge in [0.1, 0.15) is 0 Å². The van der Waals surface area contributed by atoms with Gasteiger partial charge >= 0.3 is 0 Å². The van der Waals surface area contributed by atoms with E-state index in [0.717, 1.165) is 11.4 Å². The quantitative estimate of drug-likeness (QED) is 0.774. The molecule has 2 N–H and O–H groups in total. The Morgan fingerprint density at radius 3 is 2.56 bits per heavy atom. The predicted molar refractivity (Wildman–Crippen MR) is 69.3 cm³/mol. The molecule has 0 spiro atoms. The number of nitrogens with one attached hydrogen (secondary N) is 2. The molecule has 0 aliphatic carbocycles. The third-order valence-electron chi connectivity index (χ3n) is 2.35. The van der Waals surface area contributed by atoms with E-state index in [9.17, 15) is 4.79 Å². The summed E-state index contributed by atoms with van der Waals surface area (Å²) in [5.74, 6) is 0.0340. The van der Waals surface area contributed by atoms with Gasteiger partial charge in [-0.25, -0.2) is 0 Å². The van der Waals surface area contributed by atoms with E-state index >= 15 is 0 Å². The molecule has 0 aromatic carbocycles. The third-order valence-corrected chi connectivity index (χ3v) is 3.50. The molecule has 0 saturated carbocycles. The summed E-state index contributed by atoms with van der Waals surface area (Å²) >= 11 is 1.55. The number of aryl methyl sites for hydroxylation is 2. The van der Waals surface area contributed by atoms with E-state index in [4.69, 9.17) is 0 Å². The molecule has 0 bridgehead atoms. The summed E-state index contributed by atoms with van der Waals surface area (Å²) in [5.41, 5.74) is 1.19. The van der Waals surface area contributed by atoms with Crippen LogP contribution in [0.25, 0.3) is 0 Å². The van der Waals surface area contributed by atoms with Crippen LogP contribution in [-0.2, 0) is 0 Å². The largest absolute Gasteiger partial charge is 0.350 e. The van der Waals surface area contributed by atoms with Crippen molar-refractivity contribution < 1.29 is 4.79 Å². The summed E-state index contributed by atoms with van der Waals surface area (Å²) in [7, 11) is 0. The van der Waals surface area contributed by atoms with Crippen molar-refractivity contribution in [1.82, 2.24) is 10.6 Å². The van der Waals surface area contributed by atoms with E-state index in [-0.39, 0.29) is 5.91 Å². The highest BCUT2D eigenvalue weighted by Gasteiger charge is 2.09. The van der Waals surface area contributed by atoms with Crippen molar-refractivity contribution in [3.05, 3.63) is 21.4 Å². The van der Waals surface area contributed by atoms with Crippen LogP contribution in [0, 0.1) is 13.8 Å². The predicted octanol–water partition coefficient (Wildman–Crippen LogP) is 2.09. The van der Waals surface area contributed by atoms with Crippen LogP contribution in [0.4, 0.5) is 0 Å². The third kappa shape index (κ3) is 3.94. The van der Waals surface area contributed by atoms with Crippen molar-refractivity contribution in [2.75, 3.05) is 13.1 Å². The molecule has 0 unspecified atom stereocenters. The van der Waals surface area contributed by atoms with Crippen molar-refractivity contribution >= 4 is 17.2 Å². The van der Waals surface area contributed by atoms with Gasteiger partial charge in [-0.1, -0.05) is 13.8 Å². The van der Waals surface area contributed by atoms with Crippen molar-refractivity contribution in [3.63, 3.8) is 0 Å². The fraction of sp³-hybridized carbons (Fsp3) is 0.583. The fourth-order valence-electron chi connectivity index (χ4n) is 1.31. The van der Waals surface area contributed by atoms with Crippen LogP contribution < -0.4 is 10.6 Å². The van der Waals surface area contributed by atoms with E-state index in [1.165, 1.54) is 10.4 Å². The Kier molecular flexibility index (Phi) is 4.96. The first kappa shape index (κ1) is 13.2. The molecular weight excluding hydrogens is 220 g/mol. The second-order valence-electron chi connectivity index (χ2n) is 4.21. The Morgan fingerprint density at radius 2 is 2.06 bits per heavy atom. The SMILES string of the molecule is Cc1cc(C(=O)NCCNC(C)C)sc1C. The van der Waals surface area contributed by atoms with E-state index in [0.29, 0.717) is 12.6 Å². The van der Waals surface area contributed by atoms with Crippen molar-refractivity contribution in [1.29, 1.82) is 0 Å². The van der Waals surface area contributed by atoms with E-state index in [1.807, 2.05) is 19.9 Å². The normalized spacial score (nSPS) is 10.8. The van der Waals surface area contributed by atoms with Gasteiger partial charge < -0.3 is 10.6 Å². The van der Waals surface area contributed by atoms with E-state index in [1.54, 1.807) is 11.3 Å². The molecular formula is C12H20N2OS. The lowest BCUT2D eigenvalue weighted by atomic mass is 10.3. The molecule has 3 nitrogen and oxygen atoms in total. The summed E-state index contributed by atoms with van der Waals surface area (Å²) in [6, 6.07) is 2.41. The molecule has 0 saturated heterocycles. The molecule has 1 aromatic rings. The van der Waals surface area contributed by atoms with Crippen molar-refractivity contribution in [2.24, 2.45) is 0 Å². The van der Waals surface area contributed by atoms with Gasteiger partial charge in [0, 0.05) is 24.0 Å². The lowest BCUT2D eigenvalue weighted by Gasteiger charge is -2.08. The zero-order valence-electron chi connectivity index (χ0n) is 10.4. The maximum Gasteiger partial charge on any atom is 0.261 e. The molecule has 16 heavy (non-hydrogen) atoms. The molecule has 1 heterocycles. The van der Waals surface area contributed by atoms with E-state index < -0.39 is 0 Å². The number of amides is 1. The average Bonchev–Trinajstić information content (AvgIpc) is 2.54. The molecule has 1 rings (SSSR count). The number of hydrogen-bond acceptors (Lipinski definition) is 3. The van der Waals surface area contributed by atoms with Crippen LogP contribution in [0.1, 0.15) is 34.0 Å². The topological polar surface area (TPSA) is 41.1 Å². The Labute approximate surface area is 101 Å². The Bertz CT molecular complexity index is 338. The van der Waals surface area contributed by atoms with Crippen molar-refractivity contribution in [2.45, 2.75) is 33.7 Å². The van der Waals surface area contributed by atoms with Gasteiger partial charge in [-0.2, -0.15) is 0 Å². The minimum atomic E-state index is 0.0340.